The lowest BCUT2D eigenvalue weighted by Gasteiger charge is -2.26. The number of hydrogen-bond acceptors (Lipinski definition) is 5. The number of halogens is 2. The highest BCUT2D eigenvalue weighted by atomic mass is 19.3. The van der Waals surface area contributed by atoms with Crippen molar-refractivity contribution >= 4 is 17.2 Å². The number of rotatable bonds is 8. The average Bonchev–Trinajstić information content (AvgIpc) is 3.41. The van der Waals surface area contributed by atoms with Gasteiger partial charge in [0.1, 0.15) is 5.76 Å². The van der Waals surface area contributed by atoms with E-state index in [1.165, 1.54) is 27.0 Å². The number of ether oxygens (including phenoxy) is 1. The van der Waals surface area contributed by atoms with Gasteiger partial charge in [-0.15, -0.1) is 0 Å². The van der Waals surface area contributed by atoms with Crippen LogP contribution in [0.3, 0.4) is 0 Å². The van der Waals surface area contributed by atoms with E-state index in [1.807, 2.05) is 28.9 Å². The molecule has 3 aromatic rings. The number of imidazole rings is 1. The van der Waals surface area contributed by atoms with Gasteiger partial charge in [0.25, 0.3) is 12.3 Å². The van der Waals surface area contributed by atoms with Gasteiger partial charge in [-0.1, -0.05) is 12.6 Å². The Morgan fingerprint density at radius 3 is 2.88 bits per heavy atom. The second-order valence-corrected chi connectivity index (χ2v) is 8.78. The van der Waals surface area contributed by atoms with Crippen molar-refractivity contribution in [3.05, 3.63) is 83.9 Å². The first-order valence-electron chi connectivity index (χ1n) is 10.9. The van der Waals surface area contributed by atoms with E-state index in [1.54, 1.807) is 18.5 Å². The third kappa shape index (κ3) is 4.50. The van der Waals surface area contributed by atoms with Gasteiger partial charge in [0.15, 0.2) is 5.65 Å². The molecule has 9 heteroatoms. The Balaban J connectivity index is 1.50. The predicted octanol–water partition coefficient (Wildman–Crippen LogP) is 4.36. The van der Waals surface area contributed by atoms with Gasteiger partial charge in [-0.05, 0) is 44.0 Å². The minimum absolute atomic E-state index is 0.0381. The largest absolute Gasteiger partial charge is 0.500 e. The van der Waals surface area contributed by atoms with Crippen LogP contribution in [0.5, 0.6) is 0 Å². The number of carbonyl (C=O) groups is 1. The molecule has 0 unspecified atom stereocenters. The number of alkyl halides is 2. The summed E-state index contributed by atoms with van der Waals surface area (Å²) in [6, 6.07) is 5.55. The summed E-state index contributed by atoms with van der Waals surface area (Å²) >= 11 is 0. The summed E-state index contributed by atoms with van der Waals surface area (Å²) in [7, 11) is 1.32. The molecule has 0 saturated carbocycles. The van der Waals surface area contributed by atoms with Crippen LogP contribution < -0.4 is 10.2 Å². The summed E-state index contributed by atoms with van der Waals surface area (Å²) in [4.78, 5) is 23.6. The Morgan fingerprint density at radius 2 is 2.15 bits per heavy atom. The summed E-state index contributed by atoms with van der Waals surface area (Å²) in [5, 5.41) is 2.67. The first-order valence-corrected chi connectivity index (χ1v) is 10.9. The van der Waals surface area contributed by atoms with Gasteiger partial charge in [0, 0.05) is 35.9 Å². The van der Waals surface area contributed by atoms with E-state index in [2.05, 4.69) is 26.8 Å². The molecule has 1 aliphatic heterocycles. The zero-order valence-electron chi connectivity index (χ0n) is 19.4. The highest BCUT2D eigenvalue weighted by Gasteiger charge is 2.35. The lowest BCUT2D eigenvalue weighted by atomic mass is 9.90. The van der Waals surface area contributed by atoms with Crippen LogP contribution in [0, 0.1) is 5.41 Å². The molecule has 178 valence electrons. The monoisotopic (exact) mass is 467 g/mol. The van der Waals surface area contributed by atoms with Crippen LogP contribution in [0.2, 0.25) is 0 Å². The van der Waals surface area contributed by atoms with Crippen molar-refractivity contribution in [3.63, 3.8) is 0 Å². The maximum atomic E-state index is 13.4. The van der Waals surface area contributed by atoms with Crippen molar-refractivity contribution in [3.8, 4) is 0 Å². The Bertz CT molecular complexity index is 1270. The van der Waals surface area contributed by atoms with Crippen molar-refractivity contribution < 1.29 is 18.3 Å². The molecule has 1 N–H and O–H groups in total. The molecule has 34 heavy (non-hydrogen) atoms. The van der Waals surface area contributed by atoms with Crippen molar-refractivity contribution in [2.75, 3.05) is 18.6 Å². The second-order valence-electron chi connectivity index (χ2n) is 8.78. The van der Waals surface area contributed by atoms with Crippen LogP contribution in [-0.2, 0) is 17.7 Å². The van der Waals surface area contributed by atoms with Crippen LogP contribution >= 0.6 is 0 Å². The molecule has 0 fully saturated rings. The lowest BCUT2D eigenvalue weighted by molar-refractivity contribution is 0.00984. The summed E-state index contributed by atoms with van der Waals surface area (Å²) in [6.07, 6.45) is 6.72. The first-order chi connectivity index (χ1) is 16.2. The Morgan fingerprint density at radius 1 is 1.35 bits per heavy atom. The summed E-state index contributed by atoms with van der Waals surface area (Å²) < 4.78 is 33.9. The minimum atomic E-state index is -2.63. The van der Waals surface area contributed by atoms with Crippen molar-refractivity contribution in [2.24, 2.45) is 5.41 Å². The zero-order chi connectivity index (χ0) is 24.5. The maximum Gasteiger partial charge on any atom is 0.255 e. The molecule has 3 heterocycles. The standard InChI is InChI=1S/C25H27F2N5O2/c1-16(11-21(34-4)25(2,3)24(26)27)30-23(33)18-6-5-17-7-9-31(20(17)12-18)15-19-13-29-22-14-28-8-10-32(19)22/h5-6,8,10-14,24H,1,7,9,15H2,2-4H3,(H,30,33)/b21-11-. The van der Waals surface area contributed by atoms with Crippen LogP contribution in [-0.4, -0.2) is 40.4 Å². The lowest BCUT2D eigenvalue weighted by Crippen LogP contribution is -2.27. The number of carbonyl (C=O) groups excluding carboxylic acids is 1. The number of nitrogens with zero attached hydrogens (tertiary/aromatic N) is 4. The van der Waals surface area contributed by atoms with E-state index < -0.39 is 11.8 Å². The number of anilines is 1. The fourth-order valence-electron chi connectivity index (χ4n) is 3.99. The van der Waals surface area contributed by atoms with Gasteiger partial charge >= 0.3 is 0 Å². The van der Waals surface area contributed by atoms with Crippen LogP contribution in [0.1, 0.15) is 35.5 Å². The number of benzene rings is 1. The van der Waals surface area contributed by atoms with E-state index in [4.69, 9.17) is 4.74 Å². The van der Waals surface area contributed by atoms with E-state index >= 15 is 0 Å². The number of aromatic nitrogens is 3. The fraction of sp³-hybridized carbons (Fsp3) is 0.320. The average molecular weight is 468 g/mol. The molecule has 4 rings (SSSR count). The molecule has 1 aliphatic rings. The molecule has 0 radical (unpaired) electrons. The number of hydrogen-bond donors (Lipinski definition) is 1. The molecule has 2 aromatic heterocycles. The third-order valence-electron chi connectivity index (χ3n) is 6.07. The van der Waals surface area contributed by atoms with Crippen LogP contribution in [0.15, 0.2) is 67.1 Å². The SMILES string of the molecule is C=C(/C=C(\OC)C(C)(C)C(F)F)NC(=O)c1ccc2c(c1)N(Cc1cnc3cnccn13)CC2. The van der Waals surface area contributed by atoms with Gasteiger partial charge in [0.05, 0.1) is 37.2 Å². The van der Waals surface area contributed by atoms with Crippen molar-refractivity contribution in [2.45, 2.75) is 33.2 Å². The highest BCUT2D eigenvalue weighted by Crippen LogP contribution is 2.34. The Hall–Kier alpha value is -3.75. The van der Waals surface area contributed by atoms with Gasteiger partial charge in [-0.25, -0.2) is 13.8 Å². The fourth-order valence-corrected chi connectivity index (χ4v) is 3.99. The third-order valence-corrected chi connectivity index (χ3v) is 6.07. The van der Waals surface area contributed by atoms with Crippen LogP contribution in [0.25, 0.3) is 5.65 Å². The summed E-state index contributed by atoms with van der Waals surface area (Å²) in [6.45, 7) is 8.00. The second kappa shape index (κ2) is 9.24. The van der Waals surface area contributed by atoms with E-state index in [0.717, 1.165) is 35.6 Å². The molecule has 0 aliphatic carbocycles. The molecule has 0 spiro atoms. The normalized spacial score (nSPS) is 13.9. The number of amides is 1. The van der Waals surface area contributed by atoms with E-state index in [-0.39, 0.29) is 17.4 Å². The molecule has 0 atom stereocenters. The van der Waals surface area contributed by atoms with Crippen molar-refractivity contribution in [1.82, 2.24) is 19.7 Å². The van der Waals surface area contributed by atoms with Crippen LogP contribution in [0.4, 0.5) is 14.5 Å². The Kier molecular flexibility index (Phi) is 6.37. The molecule has 0 saturated heterocycles. The van der Waals surface area contributed by atoms with Gasteiger partial charge in [-0.3, -0.25) is 14.2 Å². The van der Waals surface area contributed by atoms with Gasteiger partial charge < -0.3 is 15.0 Å². The summed E-state index contributed by atoms with van der Waals surface area (Å²) in [5.74, 6) is -0.335. The molecule has 1 amide bonds. The molecule has 1 aromatic carbocycles. The Labute approximate surface area is 196 Å². The number of fused-ring (bicyclic) bond motifs is 2. The molecular weight excluding hydrogens is 440 g/mol. The van der Waals surface area contributed by atoms with Gasteiger partial charge in [0.2, 0.25) is 0 Å². The minimum Gasteiger partial charge on any atom is -0.500 e. The predicted molar refractivity (Wildman–Crippen MR) is 126 cm³/mol. The quantitative estimate of drug-likeness (QED) is 0.394. The smallest absolute Gasteiger partial charge is 0.255 e. The molecule has 0 bridgehead atoms. The van der Waals surface area contributed by atoms with Crippen molar-refractivity contribution in [1.29, 1.82) is 0 Å². The number of methoxy groups -OCH3 is 1. The number of allylic oxidation sites excluding steroid dienone is 2. The number of nitrogens with one attached hydrogen (secondary N) is 1. The molecular formula is C25H27F2N5O2. The first kappa shape index (κ1) is 23.4. The topological polar surface area (TPSA) is 71.8 Å². The van der Waals surface area contributed by atoms with Gasteiger partial charge in [-0.2, -0.15) is 0 Å². The van der Waals surface area contributed by atoms with E-state index in [0.29, 0.717) is 12.1 Å². The maximum absolute atomic E-state index is 13.4. The molecule has 7 nitrogen and oxygen atoms in total. The van der Waals surface area contributed by atoms with E-state index in [9.17, 15) is 13.6 Å². The summed E-state index contributed by atoms with van der Waals surface area (Å²) in [5.41, 5.74) is 3.06. The zero-order valence-corrected chi connectivity index (χ0v) is 19.4. The highest BCUT2D eigenvalue weighted by molar-refractivity contribution is 5.96.